The summed E-state index contributed by atoms with van der Waals surface area (Å²) >= 11 is 0. The molecule has 0 unspecified atom stereocenters. The van der Waals surface area contributed by atoms with Crippen LogP contribution < -0.4 is 10.2 Å². The number of carboxylic acids is 2. The van der Waals surface area contributed by atoms with Crippen LogP contribution in [-0.4, -0.2) is 203 Å². The molecule has 0 radical (unpaired) electrons. The third-order valence-corrected chi connectivity index (χ3v) is 14.2. The molecule has 4 heterocycles. The molecule has 0 aromatic heterocycles. The second kappa shape index (κ2) is 37.8. The topological polar surface area (TPSA) is 361 Å². The van der Waals surface area contributed by atoms with Crippen LogP contribution in [0.5, 0.6) is 0 Å². The van der Waals surface area contributed by atoms with Crippen LogP contribution in [0.2, 0.25) is 0 Å². The number of aliphatic hydroxyl groups excluding tert-OH is 6. The van der Waals surface area contributed by atoms with E-state index in [2.05, 4.69) is 0 Å². The first kappa shape index (κ1) is 71.1. The van der Waals surface area contributed by atoms with Crippen LogP contribution in [0.15, 0.2) is 23.3 Å². The molecular formula is C52H90CaO20. The molecule has 0 aromatic rings. The largest absolute Gasteiger partial charge is 2.00 e. The molecule has 0 aliphatic carbocycles. The van der Waals surface area contributed by atoms with Gasteiger partial charge in [0.1, 0.15) is 12.2 Å². The van der Waals surface area contributed by atoms with Crippen molar-refractivity contribution in [2.24, 2.45) is 23.7 Å². The molecule has 16 atom stereocenters. The quantitative estimate of drug-likeness (QED) is 0.0175. The van der Waals surface area contributed by atoms with Gasteiger partial charge < -0.3 is 89.8 Å². The van der Waals surface area contributed by atoms with E-state index in [0.29, 0.717) is 76.1 Å². The number of aliphatic carboxylic acids is 2. The molecule has 0 saturated carbocycles. The van der Waals surface area contributed by atoms with Crippen LogP contribution in [0.4, 0.5) is 0 Å². The number of carboxylic acid groups (broad SMARTS) is 2. The van der Waals surface area contributed by atoms with E-state index in [1.807, 2.05) is 13.8 Å². The predicted octanol–water partition coefficient (Wildman–Crippen LogP) is 0.485. The van der Waals surface area contributed by atoms with Crippen LogP contribution in [-0.2, 0) is 47.6 Å². The van der Waals surface area contributed by atoms with Gasteiger partial charge in [0.25, 0.3) is 0 Å². The summed E-state index contributed by atoms with van der Waals surface area (Å²) in [5.74, 6) is -3.37. The summed E-state index contributed by atoms with van der Waals surface area (Å²) in [6.45, 7) is 12.1. The summed E-state index contributed by atoms with van der Waals surface area (Å²) in [7, 11) is 0. The van der Waals surface area contributed by atoms with Crippen LogP contribution in [0.3, 0.4) is 0 Å². The number of unbranched alkanes of at least 4 members (excludes halogenated alkanes) is 10. The molecule has 0 aromatic carbocycles. The van der Waals surface area contributed by atoms with E-state index in [4.69, 9.17) is 28.4 Å². The van der Waals surface area contributed by atoms with Crippen molar-refractivity contribution in [2.75, 3.05) is 26.4 Å². The minimum absolute atomic E-state index is 0. The van der Waals surface area contributed by atoms with Crippen LogP contribution >= 0.6 is 0 Å². The Morgan fingerprint density at radius 2 is 0.849 bits per heavy atom. The van der Waals surface area contributed by atoms with Crippen molar-refractivity contribution < 1.29 is 99.4 Å². The molecule has 10 N–H and O–H groups in total. The maximum atomic E-state index is 12.0. The van der Waals surface area contributed by atoms with Gasteiger partial charge in [-0.1, -0.05) is 76.4 Å². The number of aliphatic hydroxyl groups is 6. The van der Waals surface area contributed by atoms with Crippen molar-refractivity contribution in [3.05, 3.63) is 23.3 Å². The van der Waals surface area contributed by atoms with E-state index >= 15 is 0 Å². The Morgan fingerprint density at radius 1 is 0.534 bits per heavy atom. The summed E-state index contributed by atoms with van der Waals surface area (Å²) in [6.07, 6.45) is 8.59. The summed E-state index contributed by atoms with van der Waals surface area (Å²) in [5, 5.41) is 82.4. The van der Waals surface area contributed by atoms with E-state index < -0.39 is 72.7 Å². The van der Waals surface area contributed by atoms with E-state index in [-0.39, 0.29) is 110 Å². The monoisotopic (exact) mass is 1070 g/mol. The van der Waals surface area contributed by atoms with Gasteiger partial charge in [0, 0.05) is 47.8 Å². The van der Waals surface area contributed by atoms with Gasteiger partial charge in [-0.15, -0.1) is 0 Å². The molecule has 0 amide bonds. The fourth-order valence-corrected chi connectivity index (χ4v) is 9.16. The number of carbonyl (C=O) groups excluding carboxylic acids is 4. The Bertz CT molecular complexity index is 1510. The molecule has 73 heavy (non-hydrogen) atoms. The van der Waals surface area contributed by atoms with E-state index in [9.17, 15) is 60.0 Å². The Kier molecular flexibility index (Phi) is 36.9. The van der Waals surface area contributed by atoms with E-state index in [1.165, 1.54) is 12.2 Å². The standard InChI is InChI=1S/2C26H44O9.Ca.2H2O/c2*1-16(13-23(30)33-11-9-7-5-4-6-8-10-22(28)29)12-20-25(32)24(31)19(15-34-20)14-21-26(35-21)17(2)18(3)27;;;/h2*13,17-21,24-27,31-32H,4-12,14-15H2,1-3H3,(H,28,29);;2*1H2/q;;+2;;/p-2/t2*17-,18-,19-,20-,21-,24+,25-,26-;;;/m00.../s1. The van der Waals surface area contributed by atoms with Gasteiger partial charge in [0.15, 0.2) is 0 Å². The van der Waals surface area contributed by atoms with Crippen LogP contribution in [0.1, 0.15) is 157 Å². The predicted molar refractivity (Wildman–Crippen MR) is 265 cm³/mol. The number of hydrogen-bond acceptors (Lipinski definition) is 18. The van der Waals surface area contributed by atoms with Gasteiger partial charge in [-0.2, -0.15) is 0 Å². The number of esters is 2. The molecule has 4 aliphatic rings. The first-order valence-corrected chi connectivity index (χ1v) is 25.9. The molecule has 0 spiro atoms. The van der Waals surface area contributed by atoms with Crippen molar-refractivity contribution in [1.82, 2.24) is 0 Å². The van der Waals surface area contributed by atoms with Crippen molar-refractivity contribution in [1.29, 1.82) is 0 Å². The molecule has 4 fully saturated rings. The number of epoxide rings is 2. The van der Waals surface area contributed by atoms with Crippen molar-refractivity contribution >= 4 is 61.6 Å². The molecule has 4 saturated heterocycles. The van der Waals surface area contributed by atoms with Crippen molar-refractivity contribution in [2.45, 2.75) is 230 Å². The minimum Gasteiger partial charge on any atom is -0.550 e. The number of carbonyl (C=O) groups is 4. The smallest absolute Gasteiger partial charge is 0.550 e. The molecular weight excluding hydrogens is 985 g/mol. The van der Waals surface area contributed by atoms with Gasteiger partial charge >= 0.3 is 49.7 Å². The van der Waals surface area contributed by atoms with Gasteiger partial charge in [-0.05, 0) is 91.9 Å². The third kappa shape index (κ3) is 27.8. The first-order valence-electron chi connectivity index (χ1n) is 25.9. The number of hydrogen-bond donors (Lipinski definition) is 6. The molecule has 4 rings (SSSR count). The second-order valence-electron chi connectivity index (χ2n) is 20.4. The van der Waals surface area contributed by atoms with Gasteiger partial charge in [0.2, 0.25) is 0 Å². The summed E-state index contributed by atoms with van der Waals surface area (Å²) in [5.41, 5.74) is 1.41. The normalized spacial score (nSPS) is 29.3. The zero-order valence-electron chi connectivity index (χ0n) is 44.2. The van der Waals surface area contributed by atoms with Gasteiger partial charge in [0.05, 0.1) is 87.5 Å². The number of rotatable bonds is 32. The average Bonchev–Trinajstić information content (AvgIpc) is 4.23. The molecule has 20 nitrogen and oxygen atoms in total. The fourth-order valence-electron chi connectivity index (χ4n) is 9.16. The zero-order valence-corrected chi connectivity index (χ0v) is 46.4. The third-order valence-electron chi connectivity index (χ3n) is 14.2. The Hall–Kier alpha value is -1.86. The van der Waals surface area contributed by atoms with Crippen LogP contribution in [0, 0.1) is 23.7 Å². The Morgan fingerprint density at radius 3 is 1.16 bits per heavy atom. The average molecular weight is 1080 g/mol. The minimum atomic E-state index is -1.06. The Balaban J connectivity index is 0.00000136. The van der Waals surface area contributed by atoms with Gasteiger partial charge in [-0.3, -0.25) is 0 Å². The van der Waals surface area contributed by atoms with Crippen molar-refractivity contribution in [3.8, 4) is 0 Å². The SMILES string of the molecule is CC(=CC(=O)OCCCCCCCCC(=O)[O-])C[C@@H]1OC[C@H](C[C@@H]2O[C@H]2[C@@H](C)[C@H](C)O)[C@@H](O)[C@H]1O.CC(=CC(=O)OCCCCCCCCC(=O)[O-])C[C@@H]1OC[C@H](C[C@@H]2O[C@H]2[C@@H](C)[C@H](C)O)[C@@H](O)[C@H]1O.O.O.[Ca+2]. The second-order valence-corrected chi connectivity index (χ2v) is 20.4. The van der Waals surface area contributed by atoms with E-state index in [0.717, 1.165) is 64.2 Å². The van der Waals surface area contributed by atoms with Crippen molar-refractivity contribution in [3.63, 3.8) is 0 Å². The number of ether oxygens (including phenoxy) is 6. The van der Waals surface area contributed by atoms with E-state index in [1.54, 1.807) is 27.7 Å². The molecule has 420 valence electrons. The Labute approximate surface area is 462 Å². The maximum Gasteiger partial charge on any atom is 2.00 e. The van der Waals surface area contributed by atoms with Gasteiger partial charge in [-0.25, -0.2) is 9.59 Å². The summed E-state index contributed by atoms with van der Waals surface area (Å²) < 4.78 is 33.4. The summed E-state index contributed by atoms with van der Waals surface area (Å²) in [6, 6.07) is 0. The molecule has 4 aliphatic heterocycles. The summed E-state index contributed by atoms with van der Waals surface area (Å²) in [4.78, 5) is 44.8. The maximum absolute atomic E-state index is 12.0. The molecule has 21 heteroatoms. The molecule has 0 bridgehead atoms. The fraction of sp³-hybridized carbons (Fsp3) is 0.846. The first-order chi connectivity index (χ1) is 33.2. The van der Waals surface area contributed by atoms with Crippen LogP contribution in [0.25, 0.3) is 0 Å². The zero-order chi connectivity index (χ0) is 51.9.